The molecule has 2 aromatic heterocycles. The van der Waals surface area contributed by atoms with Gasteiger partial charge in [0.05, 0.1) is 17.9 Å². The van der Waals surface area contributed by atoms with Crippen molar-refractivity contribution in [3.05, 3.63) is 129 Å². The summed E-state index contributed by atoms with van der Waals surface area (Å²) in [7, 11) is 0. The highest BCUT2D eigenvalue weighted by atomic mass is 35.5. The van der Waals surface area contributed by atoms with Crippen LogP contribution in [-0.2, 0) is 19.5 Å². The summed E-state index contributed by atoms with van der Waals surface area (Å²) in [6, 6.07) is 21.0. The number of hydrogen-bond acceptors (Lipinski definition) is 8. The number of carboxylic acids is 1. The van der Waals surface area contributed by atoms with Crippen LogP contribution in [0.4, 0.5) is 5.69 Å². The maximum Gasteiger partial charge on any atom is 0.339 e. The van der Waals surface area contributed by atoms with Crippen LogP contribution in [-0.4, -0.2) is 37.8 Å². The van der Waals surface area contributed by atoms with E-state index in [0.29, 0.717) is 17.8 Å². The number of ketones is 1. The third kappa shape index (κ3) is 8.60. The standard InChI is InChI=1S/C36H33ClN4O5S/c1-2-3-4-5-22-6-8-23(9-7-22)18-40-34(44)24-10-12-25(13-11-24)35-41-28(21-47-35)20-38-30-17-27(16-29(33(30)43)36(45)46)32(42)26-14-15-31(37)39-19-26/h6-17,19,21,38,43H,2-5,18,20H2,1H3,(H,40,44)(H,45,46). The Morgan fingerprint density at radius 1 is 0.872 bits per heavy atom. The summed E-state index contributed by atoms with van der Waals surface area (Å²) in [5.41, 5.74) is 4.30. The van der Waals surface area contributed by atoms with Crippen molar-refractivity contribution in [2.45, 2.75) is 45.7 Å². The number of unbranched alkanes of at least 4 members (excludes halogenated alkanes) is 2. The van der Waals surface area contributed by atoms with Gasteiger partial charge in [-0.15, -0.1) is 11.3 Å². The molecule has 0 saturated heterocycles. The van der Waals surface area contributed by atoms with E-state index in [1.165, 1.54) is 60.6 Å². The van der Waals surface area contributed by atoms with E-state index in [2.05, 4.69) is 51.8 Å². The molecule has 47 heavy (non-hydrogen) atoms. The lowest BCUT2D eigenvalue weighted by Crippen LogP contribution is -2.22. The smallest absolute Gasteiger partial charge is 0.339 e. The molecule has 0 fully saturated rings. The number of hydrogen-bond donors (Lipinski definition) is 4. The topological polar surface area (TPSA) is 142 Å². The number of nitrogens with zero attached hydrogens (tertiary/aromatic N) is 2. The number of carboxylic acid groups (broad SMARTS) is 1. The van der Waals surface area contributed by atoms with Crippen molar-refractivity contribution in [2.24, 2.45) is 0 Å². The third-order valence-electron chi connectivity index (χ3n) is 7.54. The molecule has 0 aliphatic carbocycles. The Kier molecular flexibility index (Phi) is 11.0. The molecular formula is C36H33ClN4O5S. The molecule has 0 aliphatic heterocycles. The van der Waals surface area contributed by atoms with Crippen molar-refractivity contribution in [3.63, 3.8) is 0 Å². The van der Waals surface area contributed by atoms with Crippen molar-refractivity contribution in [3.8, 4) is 16.3 Å². The fourth-order valence-electron chi connectivity index (χ4n) is 4.90. The van der Waals surface area contributed by atoms with Crippen LogP contribution in [0.2, 0.25) is 5.15 Å². The van der Waals surface area contributed by atoms with Gasteiger partial charge in [0.15, 0.2) is 11.5 Å². The second-order valence-electron chi connectivity index (χ2n) is 11.0. The van der Waals surface area contributed by atoms with Crippen molar-refractivity contribution in [1.29, 1.82) is 0 Å². The molecule has 4 N–H and O–H groups in total. The minimum atomic E-state index is -1.38. The van der Waals surface area contributed by atoms with Gasteiger partial charge in [0, 0.05) is 40.4 Å². The van der Waals surface area contributed by atoms with Crippen LogP contribution in [0.5, 0.6) is 5.75 Å². The SMILES string of the molecule is CCCCCc1ccc(CNC(=O)c2ccc(-c3nc(CNc4cc(C(=O)c5ccc(Cl)nc5)cc(C(=O)O)c4O)cs3)cc2)cc1. The van der Waals surface area contributed by atoms with Crippen molar-refractivity contribution < 1.29 is 24.6 Å². The van der Waals surface area contributed by atoms with Gasteiger partial charge in [-0.25, -0.2) is 14.8 Å². The first-order valence-electron chi connectivity index (χ1n) is 15.1. The highest BCUT2D eigenvalue weighted by Crippen LogP contribution is 2.32. The molecule has 0 radical (unpaired) electrons. The van der Waals surface area contributed by atoms with Gasteiger partial charge >= 0.3 is 5.97 Å². The number of anilines is 1. The number of rotatable bonds is 14. The monoisotopic (exact) mass is 668 g/mol. The van der Waals surface area contributed by atoms with E-state index >= 15 is 0 Å². The normalized spacial score (nSPS) is 10.9. The Labute approximate surface area is 281 Å². The summed E-state index contributed by atoms with van der Waals surface area (Å²) < 4.78 is 0. The van der Waals surface area contributed by atoms with Gasteiger partial charge in [0.2, 0.25) is 0 Å². The van der Waals surface area contributed by atoms with Crippen LogP contribution < -0.4 is 10.6 Å². The molecule has 5 aromatic rings. The molecular weight excluding hydrogens is 636 g/mol. The van der Waals surface area contributed by atoms with Gasteiger partial charge in [-0.05, 0) is 60.4 Å². The van der Waals surface area contributed by atoms with E-state index in [4.69, 9.17) is 11.6 Å². The number of pyridine rings is 1. The zero-order valence-corrected chi connectivity index (χ0v) is 27.2. The lowest BCUT2D eigenvalue weighted by atomic mass is 10.0. The number of phenols is 1. The van der Waals surface area contributed by atoms with Gasteiger partial charge in [-0.2, -0.15) is 0 Å². The molecule has 1 amide bonds. The average molecular weight is 669 g/mol. The first kappa shape index (κ1) is 33.3. The second kappa shape index (κ2) is 15.5. The number of carbonyl (C=O) groups is 3. The number of halogens is 1. The third-order valence-corrected chi connectivity index (χ3v) is 8.71. The van der Waals surface area contributed by atoms with Gasteiger partial charge in [-0.3, -0.25) is 9.59 Å². The first-order valence-corrected chi connectivity index (χ1v) is 16.4. The van der Waals surface area contributed by atoms with Crippen LogP contribution >= 0.6 is 22.9 Å². The summed E-state index contributed by atoms with van der Waals surface area (Å²) in [5, 5.41) is 29.0. The number of benzene rings is 3. The molecule has 240 valence electrons. The van der Waals surface area contributed by atoms with Gasteiger partial charge < -0.3 is 20.8 Å². The van der Waals surface area contributed by atoms with Crippen LogP contribution in [0.3, 0.4) is 0 Å². The Morgan fingerprint density at radius 3 is 2.28 bits per heavy atom. The number of nitrogens with one attached hydrogen (secondary N) is 2. The number of aromatic nitrogens is 2. The summed E-state index contributed by atoms with van der Waals surface area (Å²) in [5.74, 6) is -2.51. The highest BCUT2D eigenvalue weighted by molar-refractivity contribution is 7.13. The summed E-state index contributed by atoms with van der Waals surface area (Å²) in [6.45, 7) is 2.79. The number of aryl methyl sites for hydroxylation is 1. The average Bonchev–Trinajstić information content (AvgIpc) is 3.56. The molecule has 5 rings (SSSR count). The fraction of sp³-hybridized carbons (Fsp3) is 0.194. The maximum absolute atomic E-state index is 13.0. The summed E-state index contributed by atoms with van der Waals surface area (Å²) >= 11 is 7.22. The molecule has 9 nitrogen and oxygen atoms in total. The lowest BCUT2D eigenvalue weighted by molar-refractivity contribution is 0.0693. The van der Waals surface area contributed by atoms with E-state index in [1.54, 1.807) is 12.1 Å². The number of carbonyl (C=O) groups excluding carboxylic acids is 2. The minimum absolute atomic E-state index is 0.0608. The summed E-state index contributed by atoms with van der Waals surface area (Å²) in [6.07, 6.45) is 5.98. The van der Waals surface area contributed by atoms with Crippen LogP contribution in [0.1, 0.15) is 79.6 Å². The van der Waals surface area contributed by atoms with E-state index < -0.39 is 23.1 Å². The van der Waals surface area contributed by atoms with E-state index in [-0.39, 0.29) is 34.4 Å². The van der Waals surface area contributed by atoms with Gasteiger partial charge in [0.1, 0.15) is 15.7 Å². The van der Waals surface area contributed by atoms with E-state index in [9.17, 15) is 24.6 Å². The predicted octanol–water partition coefficient (Wildman–Crippen LogP) is 7.77. The number of thiazole rings is 1. The molecule has 0 saturated carbocycles. The molecule has 0 bridgehead atoms. The molecule has 0 aliphatic rings. The molecule has 0 unspecified atom stereocenters. The van der Waals surface area contributed by atoms with Crippen molar-refractivity contribution in [2.75, 3.05) is 5.32 Å². The predicted molar refractivity (Wildman–Crippen MR) is 183 cm³/mol. The Hall–Kier alpha value is -5.06. The summed E-state index contributed by atoms with van der Waals surface area (Å²) in [4.78, 5) is 46.2. The zero-order chi connectivity index (χ0) is 33.3. The minimum Gasteiger partial charge on any atom is -0.505 e. The fourth-order valence-corrected chi connectivity index (χ4v) is 5.84. The van der Waals surface area contributed by atoms with Gasteiger partial charge in [0.25, 0.3) is 5.91 Å². The maximum atomic E-state index is 13.0. The van der Waals surface area contributed by atoms with Crippen LogP contribution in [0, 0.1) is 0 Å². The number of aromatic hydroxyl groups is 1. The van der Waals surface area contributed by atoms with E-state index in [0.717, 1.165) is 28.6 Å². The second-order valence-corrected chi connectivity index (χ2v) is 12.2. The van der Waals surface area contributed by atoms with Crippen molar-refractivity contribution >= 4 is 46.3 Å². The Balaban J connectivity index is 1.20. The molecule has 3 aromatic carbocycles. The molecule has 0 atom stereocenters. The number of amides is 1. The zero-order valence-electron chi connectivity index (χ0n) is 25.6. The first-order chi connectivity index (χ1) is 22.7. The quantitative estimate of drug-likeness (QED) is 0.0407. The van der Waals surface area contributed by atoms with E-state index in [1.807, 2.05) is 17.5 Å². The Morgan fingerprint density at radius 2 is 1.60 bits per heavy atom. The molecule has 11 heteroatoms. The van der Waals surface area contributed by atoms with Gasteiger partial charge in [-0.1, -0.05) is 67.8 Å². The Bertz CT molecular complexity index is 1870. The number of aromatic carboxylic acids is 1. The van der Waals surface area contributed by atoms with Crippen molar-refractivity contribution in [1.82, 2.24) is 15.3 Å². The van der Waals surface area contributed by atoms with Crippen LogP contribution in [0.25, 0.3) is 10.6 Å². The lowest BCUT2D eigenvalue weighted by Gasteiger charge is -2.12. The molecule has 2 heterocycles. The molecule has 0 spiro atoms. The van der Waals surface area contributed by atoms with Crippen LogP contribution in [0.15, 0.2) is 84.4 Å². The highest BCUT2D eigenvalue weighted by Gasteiger charge is 2.20. The largest absolute Gasteiger partial charge is 0.505 e.